The van der Waals surface area contributed by atoms with Gasteiger partial charge in [0.05, 0.1) is 15.6 Å². The lowest BCUT2D eigenvalue weighted by Gasteiger charge is -2.15. The fourth-order valence-electron chi connectivity index (χ4n) is 1.66. The number of halogens is 1. The maximum atomic E-state index is 12.1. The number of carbonyl (C=O) groups excluding carboxylic acids is 2. The van der Waals surface area contributed by atoms with Crippen molar-refractivity contribution in [1.29, 1.82) is 5.26 Å². The lowest BCUT2D eigenvalue weighted by Crippen LogP contribution is -2.30. The van der Waals surface area contributed by atoms with Crippen molar-refractivity contribution in [2.45, 2.75) is 6.92 Å². The first-order chi connectivity index (χ1) is 11.3. The second kappa shape index (κ2) is 8.61. The summed E-state index contributed by atoms with van der Waals surface area (Å²) < 4.78 is 0. The van der Waals surface area contributed by atoms with Crippen molar-refractivity contribution < 1.29 is 14.5 Å². The number of hydrogen-bond acceptors (Lipinski definition) is 6. The zero-order chi connectivity index (χ0) is 18.3. The summed E-state index contributed by atoms with van der Waals surface area (Å²) >= 11 is 5.88. The topological polar surface area (TPSA) is 142 Å². The predicted octanol–water partition coefficient (Wildman–Crippen LogP) is 1.40. The first-order valence-corrected chi connectivity index (χ1v) is 7.02. The number of rotatable bonds is 6. The summed E-state index contributed by atoms with van der Waals surface area (Å²) in [6.45, 7) is 1.54. The maximum Gasteiger partial charge on any atom is 0.271 e. The molecule has 1 aromatic rings. The van der Waals surface area contributed by atoms with E-state index in [2.05, 4.69) is 5.32 Å². The number of anilines is 1. The summed E-state index contributed by atoms with van der Waals surface area (Å²) in [4.78, 5) is 34.8. The van der Waals surface area contributed by atoms with Crippen LogP contribution >= 0.6 is 11.6 Å². The molecule has 0 fully saturated rings. The van der Waals surface area contributed by atoms with Crippen LogP contribution in [0.2, 0.25) is 5.02 Å². The Morgan fingerprint density at radius 2 is 2.21 bits per heavy atom. The fourth-order valence-corrected chi connectivity index (χ4v) is 1.82. The van der Waals surface area contributed by atoms with Crippen molar-refractivity contribution in [3.63, 3.8) is 0 Å². The molecule has 0 aliphatic rings. The molecule has 126 valence electrons. The molecule has 0 unspecified atom stereocenters. The highest BCUT2D eigenvalue weighted by Crippen LogP contribution is 2.27. The third kappa shape index (κ3) is 5.05. The van der Waals surface area contributed by atoms with Gasteiger partial charge in [0, 0.05) is 38.3 Å². The van der Waals surface area contributed by atoms with Gasteiger partial charge in [0.25, 0.3) is 11.6 Å². The Balaban J connectivity index is 3.08. The minimum Gasteiger partial charge on any atom is -0.329 e. The Kier molecular flexibility index (Phi) is 6.85. The number of nitro benzene ring substituents is 1. The van der Waals surface area contributed by atoms with Gasteiger partial charge in [-0.2, -0.15) is 5.26 Å². The van der Waals surface area contributed by atoms with Crippen molar-refractivity contribution in [3.8, 4) is 6.07 Å². The molecule has 0 heterocycles. The molecule has 0 saturated heterocycles. The van der Waals surface area contributed by atoms with Crippen LogP contribution in [0, 0.1) is 21.4 Å². The van der Waals surface area contributed by atoms with Crippen LogP contribution < -0.4 is 11.1 Å². The molecule has 24 heavy (non-hydrogen) atoms. The van der Waals surface area contributed by atoms with Gasteiger partial charge in [-0.3, -0.25) is 19.7 Å². The van der Waals surface area contributed by atoms with E-state index in [1.807, 2.05) is 0 Å². The van der Waals surface area contributed by atoms with Gasteiger partial charge in [0.1, 0.15) is 11.6 Å². The molecule has 0 atom stereocenters. The van der Waals surface area contributed by atoms with Crippen LogP contribution in [0.15, 0.2) is 30.0 Å². The molecule has 0 aromatic heterocycles. The number of non-ortho nitro benzene ring substituents is 1. The molecule has 3 N–H and O–H groups in total. The Labute approximate surface area is 142 Å². The number of nitriles is 1. The zero-order valence-corrected chi connectivity index (χ0v) is 13.4. The maximum absolute atomic E-state index is 12.1. The highest BCUT2D eigenvalue weighted by atomic mass is 35.5. The smallest absolute Gasteiger partial charge is 0.271 e. The molecule has 0 saturated carbocycles. The van der Waals surface area contributed by atoms with Crippen molar-refractivity contribution in [2.24, 2.45) is 5.73 Å². The van der Waals surface area contributed by atoms with Gasteiger partial charge in [0.2, 0.25) is 5.91 Å². The van der Waals surface area contributed by atoms with Gasteiger partial charge in [-0.25, -0.2) is 0 Å². The van der Waals surface area contributed by atoms with Gasteiger partial charge < -0.3 is 16.0 Å². The van der Waals surface area contributed by atoms with E-state index >= 15 is 0 Å². The van der Waals surface area contributed by atoms with E-state index in [9.17, 15) is 19.7 Å². The Morgan fingerprint density at radius 3 is 2.71 bits per heavy atom. The molecular weight excluding hydrogens is 338 g/mol. The SMILES string of the molecule is CC(=O)N(/C=C(/C#N)C(=O)Nc1cc([N+](=O)[O-])ccc1Cl)CCN. The highest BCUT2D eigenvalue weighted by Gasteiger charge is 2.16. The second-order valence-electron chi connectivity index (χ2n) is 4.53. The molecule has 9 nitrogen and oxygen atoms in total. The minimum atomic E-state index is -0.858. The number of amides is 2. The van der Waals surface area contributed by atoms with E-state index in [0.717, 1.165) is 17.2 Å². The highest BCUT2D eigenvalue weighted by molar-refractivity contribution is 6.34. The summed E-state index contributed by atoms with van der Waals surface area (Å²) in [5, 5.41) is 22.2. The van der Waals surface area contributed by atoms with Gasteiger partial charge >= 0.3 is 0 Å². The van der Waals surface area contributed by atoms with Gasteiger partial charge in [0.15, 0.2) is 0 Å². The predicted molar refractivity (Wildman–Crippen MR) is 86.9 cm³/mol. The largest absolute Gasteiger partial charge is 0.329 e. The molecule has 0 radical (unpaired) electrons. The van der Waals surface area contributed by atoms with E-state index < -0.39 is 16.7 Å². The van der Waals surface area contributed by atoms with Crippen LogP contribution in [-0.2, 0) is 9.59 Å². The summed E-state index contributed by atoms with van der Waals surface area (Å²) in [7, 11) is 0. The van der Waals surface area contributed by atoms with Gasteiger partial charge in [-0.05, 0) is 6.07 Å². The molecule has 10 heteroatoms. The standard InChI is InChI=1S/C14H14ClN5O4/c1-9(21)19(5-4-16)8-10(7-17)14(22)18-13-6-11(20(23)24)2-3-12(13)15/h2-3,6,8H,4-5,16H2,1H3,(H,18,22)/b10-8-. The van der Waals surface area contributed by atoms with Crippen LogP contribution in [0.5, 0.6) is 0 Å². The molecule has 0 spiro atoms. The second-order valence-corrected chi connectivity index (χ2v) is 4.94. The Hall–Kier alpha value is -2.96. The molecule has 1 aromatic carbocycles. The van der Waals surface area contributed by atoms with E-state index in [1.165, 1.54) is 19.1 Å². The number of nitrogens with zero attached hydrogens (tertiary/aromatic N) is 3. The summed E-state index contributed by atoms with van der Waals surface area (Å²) in [6.07, 6.45) is 1.07. The van der Waals surface area contributed by atoms with Crippen LogP contribution in [0.4, 0.5) is 11.4 Å². The number of carbonyl (C=O) groups is 2. The number of nitro groups is 1. The number of hydrogen-bond donors (Lipinski definition) is 2. The van der Waals surface area contributed by atoms with Gasteiger partial charge in [-0.15, -0.1) is 0 Å². The fraction of sp³-hybridized carbons (Fsp3) is 0.214. The summed E-state index contributed by atoms with van der Waals surface area (Å²) in [5.41, 5.74) is 4.69. The first-order valence-electron chi connectivity index (χ1n) is 6.64. The molecule has 2 amide bonds. The number of benzene rings is 1. The lowest BCUT2D eigenvalue weighted by molar-refractivity contribution is -0.384. The molecule has 1 rings (SSSR count). The first kappa shape index (κ1) is 19.1. The van der Waals surface area contributed by atoms with E-state index in [-0.39, 0.29) is 35.1 Å². The summed E-state index contributed by atoms with van der Waals surface area (Å²) in [5.74, 6) is -1.25. The monoisotopic (exact) mass is 351 g/mol. The van der Waals surface area contributed by atoms with Crippen LogP contribution in [0.25, 0.3) is 0 Å². The van der Waals surface area contributed by atoms with E-state index in [4.69, 9.17) is 22.6 Å². The van der Waals surface area contributed by atoms with Crippen LogP contribution in [0.1, 0.15) is 6.92 Å². The molecular formula is C14H14ClN5O4. The van der Waals surface area contributed by atoms with Gasteiger partial charge in [-0.1, -0.05) is 11.6 Å². The van der Waals surface area contributed by atoms with E-state index in [0.29, 0.717) is 0 Å². The summed E-state index contributed by atoms with van der Waals surface area (Å²) in [6, 6.07) is 5.16. The van der Waals surface area contributed by atoms with Crippen molar-refractivity contribution in [3.05, 3.63) is 45.1 Å². The normalized spacial score (nSPS) is 10.7. The van der Waals surface area contributed by atoms with Crippen molar-refractivity contribution in [2.75, 3.05) is 18.4 Å². The van der Waals surface area contributed by atoms with Crippen LogP contribution in [0.3, 0.4) is 0 Å². The third-order valence-corrected chi connectivity index (χ3v) is 3.16. The van der Waals surface area contributed by atoms with Crippen LogP contribution in [-0.4, -0.2) is 34.7 Å². The number of nitrogens with two attached hydrogens (primary N) is 1. The molecule has 0 bridgehead atoms. The van der Waals surface area contributed by atoms with Crippen molar-refractivity contribution in [1.82, 2.24) is 4.90 Å². The molecule has 0 aliphatic heterocycles. The molecule has 0 aliphatic carbocycles. The Morgan fingerprint density at radius 1 is 1.54 bits per heavy atom. The third-order valence-electron chi connectivity index (χ3n) is 2.83. The lowest BCUT2D eigenvalue weighted by atomic mass is 10.2. The zero-order valence-electron chi connectivity index (χ0n) is 12.7. The average Bonchev–Trinajstić information content (AvgIpc) is 2.52. The number of nitrogens with one attached hydrogen (secondary N) is 1. The quantitative estimate of drug-likeness (QED) is 0.343. The van der Waals surface area contributed by atoms with E-state index in [1.54, 1.807) is 6.07 Å². The minimum absolute atomic E-state index is 0.0229. The Bertz CT molecular complexity index is 741. The van der Waals surface area contributed by atoms with Crippen molar-refractivity contribution >= 4 is 34.8 Å². The average molecular weight is 352 g/mol.